The number of fused-ring (bicyclic) bond motifs is 2. The minimum Gasteiger partial charge on any atom is -0.454 e. The van der Waals surface area contributed by atoms with Gasteiger partial charge in [-0.1, -0.05) is 6.07 Å². The van der Waals surface area contributed by atoms with Gasteiger partial charge in [0.2, 0.25) is 19.5 Å². The molecule has 0 spiro atoms. The topological polar surface area (TPSA) is 69.6 Å². The van der Waals surface area contributed by atoms with Crippen molar-refractivity contribution in [3.8, 4) is 23.0 Å². The zero-order valence-electron chi connectivity index (χ0n) is 14.1. The van der Waals surface area contributed by atoms with Crippen molar-refractivity contribution in [2.45, 2.75) is 19.4 Å². The van der Waals surface area contributed by atoms with Crippen LogP contribution in [0.15, 0.2) is 41.5 Å². The molecule has 5 rings (SSSR count). The third kappa shape index (κ3) is 2.35. The first-order chi connectivity index (χ1) is 12.7. The number of amides is 1. The van der Waals surface area contributed by atoms with Gasteiger partial charge in [-0.05, 0) is 35.9 Å². The van der Waals surface area contributed by atoms with Crippen molar-refractivity contribution in [1.82, 2.24) is 5.01 Å². The van der Waals surface area contributed by atoms with E-state index in [1.807, 2.05) is 36.4 Å². The fourth-order valence-electron chi connectivity index (χ4n) is 3.43. The smallest absolute Gasteiger partial charge is 0.240 e. The summed E-state index contributed by atoms with van der Waals surface area (Å²) in [6.07, 6.45) is 0.610. The standard InChI is InChI=1S/C19H16N2O5/c1-11(22)21-15(13-3-5-17-19(7-13)26-10-24-17)8-14(20-21)12-2-4-16-18(6-12)25-9-23-16/h2-7,15H,8-10H2,1H3/t15-/m0/s1. The average Bonchev–Trinajstić information content (AvgIpc) is 3.38. The Morgan fingerprint density at radius 1 is 0.962 bits per heavy atom. The summed E-state index contributed by atoms with van der Waals surface area (Å²) in [5, 5.41) is 6.09. The van der Waals surface area contributed by atoms with Crippen LogP contribution in [0.5, 0.6) is 23.0 Å². The number of hydrazone groups is 1. The number of rotatable bonds is 2. The Kier molecular flexibility index (Phi) is 3.28. The summed E-state index contributed by atoms with van der Waals surface area (Å²) in [4.78, 5) is 12.1. The Morgan fingerprint density at radius 3 is 2.35 bits per heavy atom. The lowest BCUT2D eigenvalue weighted by molar-refractivity contribution is -0.130. The molecule has 1 atom stereocenters. The summed E-state index contributed by atoms with van der Waals surface area (Å²) >= 11 is 0. The van der Waals surface area contributed by atoms with E-state index in [0.717, 1.165) is 28.3 Å². The molecule has 132 valence electrons. The molecule has 0 aliphatic carbocycles. The molecule has 1 amide bonds. The van der Waals surface area contributed by atoms with E-state index >= 15 is 0 Å². The number of ether oxygens (including phenoxy) is 4. The van der Waals surface area contributed by atoms with Crippen LogP contribution in [0, 0.1) is 0 Å². The number of nitrogens with zero attached hydrogens (tertiary/aromatic N) is 2. The number of hydrogen-bond donors (Lipinski definition) is 0. The predicted octanol–water partition coefficient (Wildman–Crippen LogP) is 2.84. The molecule has 0 bridgehead atoms. The number of carbonyl (C=O) groups excluding carboxylic acids is 1. The first kappa shape index (κ1) is 15.1. The monoisotopic (exact) mass is 352 g/mol. The molecule has 0 saturated heterocycles. The van der Waals surface area contributed by atoms with Crippen LogP contribution >= 0.6 is 0 Å². The van der Waals surface area contributed by atoms with Gasteiger partial charge in [-0.25, -0.2) is 5.01 Å². The van der Waals surface area contributed by atoms with Crippen LogP contribution in [0.25, 0.3) is 0 Å². The van der Waals surface area contributed by atoms with E-state index in [2.05, 4.69) is 5.10 Å². The second kappa shape index (κ2) is 5.66. The quantitative estimate of drug-likeness (QED) is 0.831. The summed E-state index contributed by atoms with van der Waals surface area (Å²) in [6, 6.07) is 11.3. The van der Waals surface area contributed by atoms with Crippen LogP contribution in [0.1, 0.15) is 30.5 Å². The highest BCUT2D eigenvalue weighted by atomic mass is 16.7. The van der Waals surface area contributed by atoms with Gasteiger partial charge in [-0.3, -0.25) is 4.79 Å². The fourth-order valence-corrected chi connectivity index (χ4v) is 3.43. The van der Waals surface area contributed by atoms with Crippen molar-refractivity contribution in [1.29, 1.82) is 0 Å². The van der Waals surface area contributed by atoms with E-state index in [-0.39, 0.29) is 25.5 Å². The molecule has 2 aromatic rings. The zero-order valence-corrected chi connectivity index (χ0v) is 14.1. The van der Waals surface area contributed by atoms with Crippen molar-refractivity contribution in [3.63, 3.8) is 0 Å². The van der Waals surface area contributed by atoms with Crippen LogP contribution in [0.3, 0.4) is 0 Å². The molecule has 0 radical (unpaired) electrons. The zero-order chi connectivity index (χ0) is 17.7. The lowest BCUT2D eigenvalue weighted by Crippen LogP contribution is -2.24. The predicted molar refractivity (Wildman–Crippen MR) is 91.5 cm³/mol. The second-order valence-electron chi connectivity index (χ2n) is 6.31. The average molecular weight is 352 g/mol. The third-order valence-electron chi connectivity index (χ3n) is 4.72. The van der Waals surface area contributed by atoms with Crippen LogP contribution in [-0.2, 0) is 4.79 Å². The Balaban J connectivity index is 1.48. The largest absolute Gasteiger partial charge is 0.454 e. The van der Waals surface area contributed by atoms with Crippen molar-refractivity contribution < 1.29 is 23.7 Å². The van der Waals surface area contributed by atoms with Gasteiger partial charge in [0.25, 0.3) is 0 Å². The molecule has 26 heavy (non-hydrogen) atoms. The Bertz CT molecular complexity index is 940. The van der Waals surface area contributed by atoms with E-state index in [1.165, 1.54) is 11.9 Å². The minimum atomic E-state index is -0.178. The molecule has 3 heterocycles. The summed E-state index contributed by atoms with van der Waals surface area (Å²) in [6.45, 7) is 1.97. The maximum atomic E-state index is 12.1. The Hall–Kier alpha value is -3.22. The highest BCUT2D eigenvalue weighted by Gasteiger charge is 2.33. The lowest BCUT2D eigenvalue weighted by Gasteiger charge is -2.20. The van der Waals surface area contributed by atoms with E-state index in [9.17, 15) is 4.79 Å². The second-order valence-corrected chi connectivity index (χ2v) is 6.31. The van der Waals surface area contributed by atoms with Crippen LogP contribution in [0.4, 0.5) is 0 Å². The van der Waals surface area contributed by atoms with E-state index in [1.54, 1.807) is 0 Å². The van der Waals surface area contributed by atoms with Gasteiger partial charge in [-0.2, -0.15) is 5.10 Å². The van der Waals surface area contributed by atoms with Gasteiger partial charge >= 0.3 is 0 Å². The molecule has 0 unspecified atom stereocenters. The SMILES string of the molecule is CC(=O)N1N=C(c2ccc3c(c2)OCO3)C[C@H]1c1ccc2c(c1)OCO2. The molecule has 7 nitrogen and oxygen atoms in total. The molecular formula is C19H16N2O5. The maximum absolute atomic E-state index is 12.1. The lowest BCUT2D eigenvalue weighted by atomic mass is 9.98. The van der Waals surface area contributed by atoms with Gasteiger partial charge in [-0.15, -0.1) is 0 Å². The Labute approximate surface area is 149 Å². The third-order valence-corrected chi connectivity index (χ3v) is 4.72. The molecule has 0 aromatic heterocycles. The molecule has 0 saturated carbocycles. The first-order valence-electron chi connectivity index (χ1n) is 8.36. The van der Waals surface area contributed by atoms with E-state index < -0.39 is 0 Å². The van der Waals surface area contributed by atoms with Gasteiger partial charge in [0.15, 0.2) is 23.0 Å². The van der Waals surface area contributed by atoms with Gasteiger partial charge < -0.3 is 18.9 Å². The summed E-state index contributed by atoms with van der Waals surface area (Å²) < 4.78 is 21.6. The number of benzene rings is 2. The van der Waals surface area contributed by atoms with E-state index in [4.69, 9.17) is 18.9 Å². The van der Waals surface area contributed by atoms with Gasteiger partial charge in [0.05, 0.1) is 11.8 Å². The first-order valence-corrected chi connectivity index (χ1v) is 8.36. The summed E-state index contributed by atoms with van der Waals surface area (Å²) in [5.41, 5.74) is 2.72. The fraction of sp³-hybridized carbons (Fsp3) is 0.263. The number of hydrogen-bond acceptors (Lipinski definition) is 6. The normalized spacial score (nSPS) is 19.7. The molecule has 2 aromatic carbocycles. The summed E-state index contributed by atoms with van der Waals surface area (Å²) in [5.74, 6) is 2.73. The van der Waals surface area contributed by atoms with Crippen molar-refractivity contribution in [2.24, 2.45) is 5.10 Å². The molecule has 0 N–H and O–H groups in total. The van der Waals surface area contributed by atoms with Crippen molar-refractivity contribution in [3.05, 3.63) is 47.5 Å². The van der Waals surface area contributed by atoms with Gasteiger partial charge in [0, 0.05) is 18.9 Å². The molecule has 7 heteroatoms. The maximum Gasteiger partial charge on any atom is 0.240 e. The van der Waals surface area contributed by atoms with Crippen LogP contribution < -0.4 is 18.9 Å². The molecular weight excluding hydrogens is 336 g/mol. The van der Waals surface area contributed by atoms with Crippen molar-refractivity contribution in [2.75, 3.05) is 13.6 Å². The van der Waals surface area contributed by atoms with Crippen LogP contribution in [0.2, 0.25) is 0 Å². The Morgan fingerprint density at radius 2 is 1.62 bits per heavy atom. The highest BCUT2D eigenvalue weighted by molar-refractivity contribution is 6.03. The van der Waals surface area contributed by atoms with Crippen LogP contribution in [-0.4, -0.2) is 30.2 Å². The molecule has 0 fully saturated rings. The minimum absolute atomic E-state index is 0.108. The van der Waals surface area contributed by atoms with Crippen molar-refractivity contribution >= 4 is 11.6 Å². The highest BCUT2D eigenvalue weighted by Crippen LogP contribution is 2.40. The molecule has 3 aliphatic heterocycles. The molecule has 3 aliphatic rings. The van der Waals surface area contributed by atoms with E-state index in [0.29, 0.717) is 17.9 Å². The van der Waals surface area contributed by atoms with Gasteiger partial charge in [0.1, 0.15) is 0 Å². The number of carbonyl (C=O) groups is 1. The summed E-state index contributed by atoms with van der Waals surface area (Å²) in [7, 11) is 0.